The van der Waals surface area contributed by atoms with Crippen molar-refractivity contribution in [3.63, 3.8) is 0 Å². The minimum absolute atomic E-state index is 0.0138. The van der Waals surface area contributed by atoms with Crippen LogP contribution in [0.2, 0.25) is 0 Å². The Bertz CT molecular complexity index is 572. The minimum Gasteiger partial charge on any atom is -0.457 e. The van der Waals surface area contributed by atoms with E-state index in [1.54, 1.807) is 0 Å². The number of hydrogen-bond donors (Lipinski definition) is 2. The lowest BCUT2D eigenvalue weighted by Crippen LogP contribution is -2.12. The predicted molar refractivity (Wildman–Crippen MR) is 84.0 cm³/mol. The van der Waals surface area contributed by atoms with Gasteiger partial charge >= 0.3 is 0 Å². The first-order valence-corrected chi connectivity index (χ1v) is 7.39. The summed E-state index contributed by atoms with van der Waals surface area (Å²) in [6.07, 6.45) is 0. The lowest BCUT2D eigenvalue weighted by Gasteiger charge is -2.12. The van der Waals surface area contributed by atoms with Crippen LogP contribution in [0, 0.1) is 0 Å². The van der Waals surface area contributed by atoms with E-state index in [0.717, 1.165) is 40.2 Å². The summed E-state index contributed by atoms with van der Waals surface area (Å²) in [5.41, 5.74) is 1.94. The van der Waals surface area contributed by atoms with Crippen LogP contribution >= 0.6 is 15.9 Å². The molecule has 0 unspecified atom stereocenters. The zero-order valence-electron chi connectivity index (χ0n) is 11.4. The van der Waals surface area contributed by atoms with Gasteiger partial charge in [0.2, 0.25) is 0 Å². The molecule has 2 rings (SSSR count). The number of rotatable bonds is 6. The Morgan fingerprint density at radius 1 is 1.20 bits per heavy atom. The SMILES string of the molecule is CCNCc1ccc(Br)cc1Oc1cccc(CO)c1. The van der Waals surface area contributed by atoms with Gasteiger partial charge in [0.25, 0.3) is 0 Å². The van der Waals surface area contributed by atoms with E-state index in [9.17, 15) is 0 Å². The Labute approximate surface area is 127 Å². The molecule has 0 aromatic heterocycles. The fourth-order valence-corrected chi connectivity index (χ4v) is 2.20. The highest BCUT2D eigenvalue weighted by Gasteiger charge is 2.06. The molecule has 2 N–H and O–H groups in total. The number of benzene rings is 2. The first-order chi connectivity index (χ1) is 9.72. The number of halogens is 1. The number of aliphatic hydroxyl groups excluding tert-OH is 1. The van der Waals surface area contributed by atoms with Gasteiger partial charge in [-0.3, -0.25) is 0 Å². The van der Waals surface area contributed by atoms with Crippen LogP contribution in [0.5, 0.6) is 11.5 Å². The van der Waals surface area contributed by atoms with Crippen LogP contribution in [0.15, 0.2) is 46.9 Å². The lowest BCUT2D eigenvalue weighted by molar-refractivity contribution is 0.281. The molecule has 0 bridgehead atoms. The molecule has 0 saturated heterocycles. The topological polar surface area (TPSA) is 41.5 Å². The zero-order valence-corrected chi connectivity index (χ0v) is 13.0. The van der Waals surface area contributed by atoms with Crippen molar-refractivity contribution in [2.45, 2.75) is 20.1 Å². The van der Waals surface area contributed by atoms with Gasteiger partial charge < -0.3 is 15.2 Å². The van der Waals surface area contributed by atoms with Crippen LogP contribution in [0.4, 0.5) is 0 Å². The standard InChI is InChI=1S/C16H18BrNO2/c1-2-18-10-13-6-7-14(17)9-16(13)20-15-5-3-4-12(8-15)11-19/h3-9,18-19H,2,10-11H2,1H3. The van der Waals surface area contributed by atoms with Crippen molar-refractivity contribution >= 4 is 15.9 Å². The van der Waals surface area contributed by atoms with E-state index in [1.165, 1.54) is 0 Å². The molecule has 0 fully saturated rings. The van der Waals surface area contributed by atoms with E-state index in [4.69, 9.17) is 9.84 Å². The Morgan fingerprint density at radius 3 is 2.80 bits per heavy atom. The minimum atomic E-state index is 0.0138. The van der Waals surface area contributed by atoms with E-state index in [0.29, 0.717) is 0 Å². The van der Waals surface area contributed by atoms with Gasteiger partial charge in [-0.05, 0) is 36.4 Å². The maximum atomic E-state index is 9.17. The third-order valence-corrected chi connectivity index (χ3v) is 3.40. The zero-order chi connectivity index (χ0) is 14.4. The fourth-order valence-electron chi connectivity index (χ4n) is 1.86. The third kappa shape index (κ3) is 4.07. The summed E-state index contributed by atoms with van der Waals surface area (Å²) in [4.78, 5) is 0. The third-order valence-electron chi connectivity index (χ3n) is 2.90. The maximum Gasteiger partial charge on any atom is 0.133 e. The molecule has 0 atom stereocenters. The van der Waals surface area contributed by atoms with Crippen molar-refractivity contribution in [1.29, 1.82) is 0 Å². The van der Waals surface area contributed by atoms with Gasteiger partial charge in [-0.2, -0.15) is 0 Å². The second kappa shape index (κ2) is 7.43. The molecule has 0 spiro atoms. The van der Waals surface area contributed by atoms with E-state index in [-0.39, 0.29) is 6.61 Å². The summed E-state index contributed by atoms with van der Waals surface area (Å²) in [6.45, 7) is 3.76. The Morgan fingerprint density at radius 2 is 2.05 bits per heavy atom. The van der Waals surface area contributed by atoms with Gasteiger partial charge in [0.15, 0.2) is 0 Å². The van der Waals surface area contributed by atoms with Crippen LogP contribution in [-0.4, -0.2) is 11.7 Å². The van der Waals surface area contributed by atoms with Crippen molar-refractivity contribution in [1.82, 2.24) is 5.32 Å². The highest BCUT2D eigenvalue weighted by atomic mass is 79.9. The van der Waals surface area contributed by atoms with Crippen LogP contribution < -0.4 is 10.1 Å². The second-order valence-electron chi connectivity index (χ2n) is 4.44. The predicted octanol–water partition coefficient (Wildman–Crippen LogP) is 3.84. The molecule has 0 aliphatic heterocycles. The van der Waals surface area contributed by atoms with Crippen molar-refractivity contribution < 1.29 is 9.84 Å². The van der Waals surface area contributed by atoms with E-state index >= 15 is 0 Å². The summed E-state index contributed by atoms with van der Waals surface area (Å²) in [6, 6.07) is 13.5. The first kappa shape index (κ1) is 15.0. The van der Waals surface area contributed by atoms with E-state index < -0.39 is 0 Å². The van der Waals surface area contributed by atoms with Crippen LogP contribution in [-0.2, 0) is 13.2 Å². The molecule has 3 nitrogen and oxygen atoms in total. The van der Waals surface area contributed by atoms with Crippen LogP contribution in [0.1, 0.15) is 18.1 Å². The molecule has 0 amide bonds. The Balaban J connectivity index is 2.24. The molecule has 0 saturated carbocycles. The van der Waals surface area contributed by atoms with Gasteiger partial charge in [0, 0.05) is 16.6 Å². The number of ether oxygens (including phenoxy) is 1. The van der Waals surface area contributed by atoms with Gasteiger partial charge in [-0.25, -0.2) is 0 Å². The molecule has 0 heterocycles. The summed E-state index contributed by atoms with van der Waals surface area (Å²) in [5.74, 6) is 1.54. The summed E-state index contributed by atoms with van der Waals surface area (Å²) in [5, 5.41) is 12.5. The molecule has 0 radical (unpaired) electrons. The highest BCUT2D eigenvalue weighted by Crippen LogP contribution is 2.29. The molecule has 4 heteroatoms. The highest BCUT2D eigenvalue weighted by molar-refractivity contribution is 9.10. The number of nitrogens with one attached hydrogen (secondary N) is 1. The van der Waals surface area contributed by atoms with Gasteiger partial charge in [0.05, 0.1) is 6.61 Å². The smallest absolute Gasteiger partial charge is 0.133 e. The largest absolute Gasteiger partial charge is 0.457 e. The Kier molecular flexibility index (Phi) is 5.59. The molecule has 0 aliphatic carbocycles. The molecular formula is C16H18BrNO2. The van der Waals surface area contributed by atoms with Crippen molar-refractivity contribution in [2.75, 3.05) is 6.54 Å². The van der Waals surface area contributed by atoms with Crippen molar-refractivity contribution in [3.05, 3.63) is 58.1 Å². The molecular weight excluding hydrogens is 318 g/mol. The van der Waals surface area contributed by atoms with Crippen LogP contribution in [0.25, 0.3) is 0 Å². The molecule has 2 aromatic carbocycles. The number of aliphatic hydroxyl groups is 1. The monoisotopic (exact) mass is 335 g/mol. The van der Waals surface area contributed by atoms with Gasteiger partial charge in [0.1, 0.15) is 11.5 Å². The quantitative estimate of drug-likeness (QED) is 0.842. The fraction of sp³-hybridized carbons (Fsp3) is 0.250. The van der Waals surface area contributed by atoms with Crippen molar-refractivity contribution in [2.24, 2.45) is 0 Å². The van der Waals surface area contributed by atoms with Crippen molar-refractivity contribution in [3.8, 4) is 11.5 Å². The summed E-state index contributed by atoms with van der Waals surface area (Å²) < 4.78 is 6.93. The van der Waals surface area contributed by atoms with Gasteiger partial charge in [-0.15, -0.1) is 0 Å². The molecule has 0 aliphatic rings. The summed E-state index contributed by atoms with van der Waals surface area (Å²) >= 11 is 3.47. The normalized spacial score (nSPS) is 10.6. The Hall–Kier alpha value is -1.36. The molecule has 20 heavy (non-hydrogen) atoms. The van der Waals surface area contributed by atoms with E-state index in [2.05, 4.69) is 28.2 Å². The average Bonchev–Trinajstić information content (AvgIpc) is 2.47. The molecule has 2 aromatic rings. The average molecular weight is 336 g/mol. The summed E-state index contributed by atoms with van der Waals surface area (Å²) in [7, 11) is 0. The molecule has 106 valence electrons. The lowest BCUT2D eigenvalue weighted by atomic mass is 10.2. The number of hydrogen-bond acceptors (Lipinski definition) is 3. The van der Waals surface area contributed by atoms with E-state index in [1.807, 2.05) is 42.5 Å². The first-order valence-electron chi connectivity index (χ1n) is 6.59. The van der Waals surface area contributed by atoms with Gasteiger partial charge in [-0.1, -0.05) is 41.1 Å². The maximum absolute atomic E-state index is 9.17. The second-order valence-corrected chi connectivity index (χ2v) is 5.36. The van der Waals surface area contributed by atoms with Crippen LogP contribution in [0.3, 0.4) is 0 Å².